The first-order chi connectivity index (χ1) is 10.1. The Kier molecular flexibility index (Phi) is 4.69. The standard InChI is InChI=1S/C15H16N4O2/c1-11(17)10-21-14-6-15(20)19(18-8-14)9-13-4-2-3-12(5-13)7-16/h2-6,8,11H,9-10,17H2,1H3. The van der Waals surface area contributed by atoms with Gasteiger partial charge in [-0.2, -0.15) is 10.4 Å². The van der Waals surface area contributed by atoms with Crippen LogP contribution < -0.4 is 16.0 Å². The number of nitrogens with two attached hydrogens (primary N) is 1. The van der Waals surface area contributed by atoms with Crippen molar-refractivity contribution in [1.82, 2.24) is 9.78 Å². The highest BCUT2D eigenvalue weighted by molar-refractivity contribution is 5.32. The Balaban J connectivity index is 2.14. The molecule has 21 heavy (non-hydrogen) atoms. The predicted octanol–water partition coefficient (Wildman–Crippen LogP) is 0.889. The highest BCUT2D eigenvalue weighted by Crippen LogP contribution is 2.07. The second-order valence-corrected chi connectivity index (χ2v) is 4.79. The molecule has 0 saturated carbocycles. The molecular formula is C15H16N4O2. The van der Waals surface area contributed by atoms with Crippen LogP contribution in [0.2, 0.25) is 0 Å². The van der Waals surface area contributed by atoms with Crippen LogP contribution >= 0.6 is 0 Å². The van der Waals surface area contributed by atoms with Crippen LogP contribution in [0.4, 0.5) is 0 Å². The van der Waals surface area contributed by atoms with Crippen LogP contribution in [0, 0.1) is 11.3 Å². The van der Waals surface area contributed by atoms with Crippen molar-refractivity contribution in [3.63, 3.8) is 0 Å². The van der Waals surface area contributed by atoms with Gasteiger partial charge in [-0.05, 0) is 24.6 Å². The minimum atomic E-state index is -0.264. The molecule has 1 atom stereocenters. The van der Waals surface area contributed by atoms with Crippen molar-refractivity contribution in [1.29, 1.82) is 5.26 Å². The minimum Gasteiger partial charge on any atom is -0.490 e. The summed E-state index contributed by atoms with van der Waals surface area (Å²) >= 11 is 0. The van der Waals surface area contributed by atoms with E-state index in [-0.39, 0.29) is 11.6 Å². The molecule has 1 aromatic heterocycles. The first-order valence-electron chi connectivity index (χ1n) is 6.53. The molecule has 2 rings (SSSR count). The fraction of sp³-hybridized carbons (Fsp3) is 0.267. The molecule has 0 radical (unpaired) electrons. The second kappa shape index (κ2) is 6.68. The number of nitriles is 1. The summed E-state index contributed by atoms with van der Waals surface area (Å²) in [5.41, 5.74) is 6.71. The summed E-state index contributed by atoms with van der Waals surface area (Å²) < 4.78 is 6.66. The van der Waals surface area contributed by atoms with Gasteiger partial charge in [0.05, 0.1) is 24.4 Å². The molecule has 2 N–H and O–H groups in total. The van der Waals surface area contributed by atoms with Gasteiger partial charge in [0.2, 0.25) is 0 Å². The number of hydrogen-bond donors (Lipinski definition) is 1. The Labute approximate surface area is 122 Å². The lowest BCUT2D eigenvalue weighted by Crippen LogP contribution is -2.26. The summed E-state index contributed by atoms with van der Waals surface area (Å²) in [6, 6.07) is 10.4. The van der Waals surface area contributed by atoms with E-state index in [4.69, 9.17) is 15.7 Å². The summed E-state index contributed by atoms with van der Waals surface area (Å²) in [4.78, 5) is 12.0. The van der Waals surface area contributed by atoms with E-state index in [0.29, 0.717) is 24.5 Å². The van der Waals surface area contributed by atoms with Crippen LogP contribution in [0.15, 0.2) is 41.3 Å². The van der Waals surface area contributed by atoms with E-state index < -0.39 is 0 Å². The Morgan fingerprint density at radius 2 is 2.29 bits per heavy atom. The van der Waals surface area contributed by atoms with Crippen molar-refractivity contribution < 1.29 is 4.74 Å². The van der Waals surface area contributed by atoms with E-state index in [1.54, 1.807) is 18.2 Å². The van der Waals surface area contributed by atoms with E-state index in [9.17, 15) is 4.79 Å². The first kappa shape index (κ1) is 14.8. The van der Waals surface area contributed by atoms with Crippen LogP contribution in [-0.4, -0.2) is 22.4 Å². The van der Waals surface area contributed by atoms with E-state index in [1.807, 2.05) is 13.0 Å². The summed E-state index contributed by atoms with van der Waals surface area (Å²) in [6.07, 6.45) is 1.48. The number of aromatic nitrogens is 2. The Morgan fingerprint density at radius 1 is 1.48 bits per heavy atom. The fourth-order valence-corrected chi connectivity index (χ4v) is 1.75. The van der Waals surface area contributed by atoms with Crippen LogP contribution in [0.3, 0.4) is 0 Å². The van der Waals surface area contributed by atoms with Crippen molar-refractivity contribution in [2.24, 2.45) is 5.73 Å². The Bertz CT molecular complexity index is 716. The van der Waals surface area contributed by atoms with Crippen molar-refractivity contribution in [3.05, 3.63) is 58.0 Å². The van der Waals surface area contributed by atoms with E-state index in [1.165, 1.54) is 16.9 Å². The predicted molar refractivity (Wildman–Crippen MR) is 77.9 cm³/mol. The quantitative estimate of drug-likeness (QED) is 0.880. The second-order valence-electron chi connectivity index (χ2n) is 4.79. The summed E-state index contributed by atoms with van der Waals surface area (Å²) in [6.45, 7) is 2.45. The molecule has 0 aliphatic rings. The molecule has 1 unspecified atom stereocenters. The summed E-state index contributed by atoms with van der Waals surface area (Å²) in [7, 11) is 0. The van der Waals surface area contributed by atoms with Gasteiger partial charge in [-0.3, -0.25) is 4.79 Å². The number of hydrogen-bond acceptors (Lipinski definition) is 5. The van der Waals surface area contributed by atoms with Gasteiger partial charge in [-0.15, -0.1) is 0 Å². The molecule has 0 saturated heterocycles. The molecule has 0 aliphatic heterocycles. The fourth-order valence-electron chi connectivity index (χ4n) is 1.75. The van der Waals surface area contributed by atoms with Crippen molar-refractivity contribution >= 4 is 0 Å². The van der Waals surface area contributed by atoms with Gasteiger partial charge >= 0.3 is 0 Å². The maximum atomic E-state index is 12.0. The highest BCUT2D eigenvalue weighted by Gasteiger charge is 2.04. The molecule has 108 valence electrons. The van der Waals surface area contributed by atoms with Crippen LogP contribution in [0.1, 0.15) is 18.1 Å². The van der Waals surface area contributed by atoms with Crippen LogP contribution in [0.25, 0.3) is 0 Å². The lowest BCUT2D eigenvalue weighted by atomic mass is 10.1. The first-order valence-corrected chi connectivity index (χ1v) is 6.53. The van der Waals surface area contributed by atoms with Gasteiger partial charge < -0.3 is 10.5 Å². The zero-order chi connectivity index (χ0) is 15.2. The van der Waals surface area contributed by atoms with Gasteiger partial charge in [0, 0.05) is 12.1 Å². The molecule has 1 heterocycles. The van der Waals surface area contributed by atoms with Gasteiger partial charge in [-0.1, -0.05) is 12.1 Å². The minimum absolute atomic E-state index is 0.110. The van der Waals surface area contributed by atoms with E-state index in [0.717, 1.165) is 5.56 Å². The Morgan fingerprint density at radius 3 is 2.95 bits per heavy atom. The molecule has 6 nitrogen and oxygen atoms in total. The maximum Gasteiger partial charge on any atom is 0.270 e. The van der Waals surface area contributed by atoms with Gasteiger partial charge in [0.15, 0.2) is 0 Å². The largest absolute Gasteiger partial charge is 0.490 e. The third-order valence-corrected chi connectivity index (χ3v) is 2.75. The average molecular weight is 284 g/mol. The normalized spacial score (nSPS) is 11.7. The van der Waals surface area contributed by atoms with Crippen LogP contribution in [0.5, 0.6) is 5.75 Å². The molecule has 6 heteroatoms. The molecule has 0 aliphatic carbocycles. The molecule has 2 aromatic rings. The van der Waals surface area contributed by atoms with E-state index >= 15 is 0 Å². The SMILES string of the molecule is CC(N)COc1cnn(Cc2cccc(C#N)c2)c(=O)c1. The number of benzene rings is 1. The topological polar surface area (TPSA) is 93.9 Å². The molecular weight excluding hydrogens is 268 g/mol. The molecule has 0 bridgehead atoms. The van der Waals surface area contributed by atoms with Crippen LogP contribution in [-0.2, 0) is 6.54 Å². The Hall–Kier alpha value is -2.65. The maximum absolute atomic E-state index is 12.0. The van der Waals surface area contributed by atoms with Gasteiger partial charge in [0.1, 0.15) is 12.4 Å². The lowest BCUT2D eigenvalue weighted by Gasteiger charge is -2.09. The van der Waals surface area contributed by atoms with Gasteiger partial charge in [-0.25, -0.2) is 4.68 Å². The summed E-state index contributed by atoms with van der Waals surface area (Å²) in [5.74, 6) is 0.402. The number of rotatable bonds is 5. The highest BCUT2D eigenvalue weighted by atomic mass is 16.5. The average Bonchev–Trinajstić information content (AvgIpc) is 2.48. The molecule has 0 amide bonds. The third-order valence-electron chi connectivity index (χ3n) is 2.75. The number of ether oxygens (including phenoxy) is 1. The molecule has 1 aromatic carbocycles. The monoisotopic (exact) mass is 284 g/mol. The smallest absolute Gasteiger partial charge is 0.270 e. The zero-order valence-corrected chi connectivity index (χ0v) is 11.7. The van der Waals surface area contributed by atoms with Crippen molar-refractivity contribution in [3.8, 4) is 11.8 Å². The summed E-state index contributed by atoms with van der Waals surface area (Å²) in [5, 5.41) is 12.9. The lowest BCUT2D eigenvalue weighted by molar-refractivity contribution is 0.293. The zero-order valence-electron chi connectivity index (χ0n) is 11.7. The molecule has 0 fully saturated rings. The van der Waals surface area contributed by atoms with Crippen molar-refractivity contribution in [2.75, 3.05) is 6.61 Å². The molecule has 0 spiro atoms. The van der Waals surface area contributed by atoms with Gasteiger partial charge in [0.25, 0.3) is 5.56 Å². The van der Waals surface area contributed by atoms with E-state index in [2.05, 4.69) is 11.2 Å². The third kappa shape index (κ3) is 4.16. The number of nitrogens with zero attached hydrogens (tertiary/aromatic N) is 3. The van der Waals surface area contributed by atoms with Crippen molar-refractivity contribution in [2.45, 2.75) is 19.5 Å².